The Hall–Kier alpha value is -1.54. The summed E-state index contributed by atoms with van der Waals surface area (Å²) in [7, 11) is 0. The zero-order valence-electron chi connectivity index (χ0n) is 13.5. The minimum absolute atomic E-state index is 0.0415. The minimum Gasteiger partial charge on any atom is -0.394 e. The molecule has 0 bridgehead atoms. The molecule has 0 radical (unpaired) electrons. The number of rotatable bonds is 3. The minimum atomic E-state index is -0.549. The predicted octanol–water partition coefficient (Wildman–Crippen LogP) is 2.35. The van der Waals surface area contributed by atoms with Crippen LogP contribution in [0.1, 0.15) is 43.9 Å². The number of nitro benzene ring substituents is 1. The number of fused-ring (bicyclic) bond motifs is 2. The molecule has 130 valence electrons. The van der Waals surface area contributed by atoms with Crippen LogP contribution in [0.15, 0.2) is 24.3 Å². The molecule has 1 aromatic rings. The van der Waals surface area contributed by atoms with Crippen LogP contribution >= 0.6 is 0 Å². The summed E-state index contributed by atoms with van der Waals surface area (Å²) in [6.45, 7) is 0.772. The number of benzene rings is 1. The van der Waals surface area contributed by atoms with Gasteiger partial charge in [0, 0.05) is 17.7 Å². The third-order valence-corrected chi connectivity index (χ3v) is 5.60. The molecule has 24 heavy (non-hydrogen) atoms. The third kappa shape index (κ3) is 2.27. The van der Waals surface area contributed by atoms with E-state index in [1.165, 1.54) is 12.5 Å². The van der Waals surface area contributed by atoms with Gasteiger partial charge in [-0.15, -0.1) is 0 Å². The highest BCUT2D eigenvalue weighted by atomic mass is 16.6. The lowest BCUT2D eigenvalue weighted by molar-refractivity contribution is -0.385. The van der Waals surface area contributed by atoms with E-state index < -0.39 is 22.4 Å². The second-order valence-corrected chi connectivity index (χ2v) is 7.06. The summed E-state index contributed by atoms with van der Waals surface area (Å²) in [5, 5.41) is 21.1. The Bertz CT molecular complexity index is 646. The lowest BCUT2D eigenvalue weighted by Crippen LogP contribution is -2.55. The van der Waals surface area contributed by atoms with Crippen LogP contribution in [0.25, 0.3) is 0 Å². The van der Waals surface area contributed by atoms with E-state index >= 15 is 0 Å². The largest absolute Gasteiger partial charge is 0.394 e. The van der Waals surface area contributed by atoms with Crippen molar-refractivity contribution in [2.75, 3.05) is 19.8 Å². The van der Waals surface area contributed by atoms with Crippen LogP contribution in [0, 0.1) is 10.1 Å². The summed E-state index contributed by atoms with van der Waals surface area (Å²) >= 11 is 0. The maximum atomic E-state index is 11.1. The summed E-state index contributed by atoms with van der Waals surface area (Å²) in [6, 6.07) is 6.57. The molecule has 1 N–H and O–H groups in total. The summed E-state index contributed by atoms with van der Waals surface area (Å²) in [5.41, 5.74) is -0.176. The number of aliphatic hydroxyl groups is 1. The van der Waals surface area contributed by atoms with Gasteiger partial charge in [-0.1, -0.05) is 18.6 Å². The maximum Gasteiger partial charge on any atom is 0.269 e. The SMILES string of the molecule is O=[N+]([O-])c1cccc([C@H]2OC[C@]3(CO)COC4(CCCCC4)N23)c1. The Balaban J connectivity index is 1.73. The maximum absolute atomic E-state index is 11.1. The molecule has 1 aromatic carbocycles. The van der Waals surface area contributed by atoms with Crippen LogP contribution in [0.2, 0.25) is 0 Å². The fourth-order valence-corrected chi connectivity index (χ4v) is 4.42. The average molecular weight is 334 g/mol. The molecule has 3 fully saturated rings. The Labute approximate surface area is 140 Å². The standard InChI is InChI=1S/C17H22N2O5/c20-10-16-11-23-15(13-5-4-6-14(9-13)19(21)22)18(16)17(24-12-16)7-2-1-3-8-17/h4-6,9,15,20H,1-3,7-8,10-12H2/t15-,16-/m1/s1. The quantitative estimate of drug-likeness (QED) is 0.675. The molecule has 3 aliphatic rings. The monoisotopic (exact) mass is 334 g/mol. The second kappa shape index (κ2) is 5.77. The third-order valence-electron chi connectivity index (χ3n) is 5.60. The van der Waals surface area contributed by atoms with Crippen molar-refractivity contribution in [3.63, 3.8) is 0 Å². The van der Waals surface area contributed by atoms with E-state index in [4.69, 9.17) is 9.47 Å². The average Bonchev–Trinajstić information content (AvgIpc) is 3.14. The summed E-state index contributed by atoms with van der Waals surface area (Å²) in [5.74, 6) is 0. The van der Waals surface area contributed by atoms with Gasteiger partial charge in [-0.3, -0.25) is 10.1 Å². The topological polar surface area (TPSA) is 85.1 Å². The Morgan fingerprint density at radius 2 is 2.08 bits per heavy atom. The van der Waals surface area contributed by atoms with E-state index in [1.807, 2.05) is 6.07 Å². The van der Waals surface area contributed by atoms with Crippen LogP contribution in [0.5, 0.6) is 0 Å². The first-order chi connectivity index (χ1) is 11.6. The van der Waals surface area contributed by atoms with E-state index in [-0.39, 0.29) is 12.3 Å². The van der Waals surface area contributed by atoms with Gasteiger partial charge in [0.1, 0.15) is 12.0 Å². The van der Waals surface area contributed by atoms with Crippen LogP contribution in [0.4, 0.5) is 5.69 Å². The van der Waals surface area contributed by atoms with E-state index in [0.29, 0.717) is 13.2 Å². The van der Waals surface area contributed by atoms with Gasteiger partial charge in [0.15, 0.2) is 0 Å². The van der Waals surface area contributed by atoms with E-state index in [9.17, 15) is 15.2 Å². The molecular formula is C17H22N2O5. The van der Waals surface area contributed by atoms with Crippen LogP contribution < -0.4 is 0 Å². The van der Waals surface area contributed by atoms with Crippen LogP contribution in [-0.2, 0) is 9.47 Å². The summed E-state index contributed by atoms with van der Waals surface area (Å²) in [4.78, 5) is 12.9. The number of hydrogen-bond acceptors (Lipinski definition) is 6. The Morgan fingerprint density at radius 3 is 2.79 bits per heavy atom. The molecule has 2 atom stereocenters. The smallest absolute Gasteiger partial charge is 0.269 e. The molecule has 1 saturated carbocycles. The highest BCUT2D eigenvalue weighted by Crippen LogP contribution is 2.53. The number of nitrogens with zero attached hydrogens (tertiary/aromatic N) is 2. The normalized spacial score (nSPS) is 32.1. The van der Waals surface area contributed by atoms with E-state index in [2.05, 4.69) is 4.90 Å². The fourth-order valence-electron chi connectivity index (χ4n) is 4.42. The molecule has 0 unspecified atom stereocenters. The number of hydrogen-bond donors (Lipinski definition) is 1. The molecule has 2 heterocycles. The Kier molecular flexibility index (Phi) is 3.84. The van der Waals surface area contributed by atoms with Crippen molar-refractivity contribution in [2.24, 2.45) is 0 Å². The van der Waals surface area contributed by atoms with Crippen molar-refractivity contribution in [2.45, 2.75) is 49.6 Å². The number of non-ortho nitro benzene ring substituents is 1. The van der Waals surface area contributed by atoms with Crippen molar-refractivity contribution in [1.82, 2.24) is 4.90 Å². The zero-order chi connectivity index (χ0) is 16.8. The van der Waals surface area contributed by atoms with Crippen molar-refractivity contribution in [3.8, 4) is 0 Å². The molecule has 1 aliphatic carbocycles. The second-order valence-electron chi connectivity index (χ2n) is 7.06. The van der Waals surface area contributed by atoms with Crippen molar-refractivity contribution >= 4 is 5.69 Å². The van der Waals surface area contributed by atoms with Gasteiger partial charge in [0.25, 0.3) is 5.69 Å². The first-order valence-corrected chi connectivity index (χ1v) is 8.51. The van der Waals surface area contributed by atoms with Gasteiger partial charge >= 0.3 is 0 Å². The van der Waals surface area contributed by atoms with Gasteiger partial charge in [0.05, 0.1) is 30.3 Å². The zero-order valence-corrected chi connectivity index (χ0v) is 13.5. The molecule has 4 rings (SSSR count). The van der Waals surface area contributed by atoms with Gasteiger partial charge in [-0.2, -0.15) is 0 Å². The molecule has 7 heteroatoms. The molecule has 2 aliphatic heterocycles. The van der Waals surface area contributed by atoms with Gasteiger partial charge < -0.3 is 14.6 Å². The van der Waals surface area contributed by atoms with Crippen LogP contribution in [0.3, 0.4) is 0 Å². The fraction of sp³-hybridized carbons (Fsp3) is 0.647. The predicted molar refractivity (Wildman–Crippen MR) is 85.2 cm³/mol. The van der Waals surface area contributed by atoms with Crippen LogP contribution in [-0.4, -0.2) is 46.0 Å². The van der Waals surface area contributed by atoms with Gasteiger partial charge in [0.2, 0.25) is 0 Å². The molecule has 0 amide bonds. The first kappa shape index (κ1) is 16.0. The number of ether oxygens (including phenoxy) is 2. The lowest BCUT2D eigenvalue weighted by atomic mass is 9.88. The lowest BCUT2D eigenvalue weighted by Gasteiger charge is -2.44. The molecule has 0 aromatic heterocycles. The van der Waals surface area contributed by atoms with Crippen molar-refractivity contribution in [1.29, 1.82) is 0 Å². The van der Waals surface area contributed by atoms with E-state index in [0.717, 1.165) is 31.2 Å². The van der Waals surface area contributed by atoms with Gasteiger partial charge in [-0.05, 0) is 25.7 Å². The first-order valence-electron chi connectivity index (χ1n) is 8.51. The highest BCUT2D eigenvalue weighted by Gasteiger charge is 2.62. The van der Waals surface area contributed by atoms with E-state index in [1.54, 1.807) is 12.1 Å². The van der Waals surface area contributed by atoms with Crippen molar-refractivity contribution in [3.05, 3.63) is 39.9 Å². The molecule has 7 nitrogen and oxygen atoms in total. The number of aliphatic hydroxyl groups excluding tert-OH is 1. The highest BCUT2D eigenvalue weighted by molar-refractivity contribution is 5.36. The van der Waals surface area contributed by atoms with Gasteiger partial charge in [-0.25, -0.2) is 4.90 Å². The van der Waals surface area contributed by atoms with Crippen molar-refractivity contribution < 1.29 is 19.5 Å². The summed E-state index contributed by atoms with van der Waals surface area (Å²) in [6.07, 6.45) is 4.75. The Morgan fingerprint density at radius 1 is 1.29 bits per heavy atom. The summed E-state index contributed by atoms with van der Waals surface area (Å²) < 4.78 is 12.3. The molecule has 1 spiro atoms. The molecule has 2 saturated heterocycles. The molecular weight excluding hydrogens is 312 g/mol. The number of nitro groups is 1.